The molecule has 2 heterocycles. The van der Waals surface area contributed by atoms with Crippen LogP contribution in [-0.2, 0) is 16.1 Å². The third-order valence-electron chi connectivity index (χ3n) is 3.19. The van der Waals surface area contributed by atoms with E-state index in [4.69, 9.17) is 5.11 Å². The minimum atomic E-state index is -1.18. The lowest BCUT2D eigenvalue weighted by Gasteiger charge is -2.34. The number of hydrogen-bond donors (Lipinski definition) is 1. The zero-order chi connectivity index (χ0) is 14.9. The Bertz CT molecular complexity index is 563. The van der Waals surface area contributed by atoms with Gasteiger partial charge < -0.3 is 5.11 Å². The molecule has 1 aliphatic heterocycles. The van der Waals surface area contributed by atoms with Gasteiger partial charge in [0.1, 0.15) is 11.9 Å². The Kier molecular flexibility index (Phi) is 3.52. The fraction of sp³-hybridized carbons (Fsp3) is 0.462. The molecule has 0 spiro atoms. The monoisotopic (exact) mass is 277 g/mol. The SMILES string of the molecule is CC1(C)CC(=O)N(Cc2ncncc2C(=O)O)C(=O)C1. The Hall–Kier alpha value is -2.31. The molecule has 0 aliphatic carbocycles. The topological polar surface area (TPSA) is 100 Å². The van der Waals surface area contributed by atoms with E-state index in [0.717, 1.165) is 11.1 Å². The van der Waals surface area contributed by atoms with Gasteiger partial charge in [0.25, 0.3) is 0 Å². The fourth-order valence-corrected chi connectivity index (χ4v) is 2.20. The van der Waals surface area contributed by atoms with Crippen LogP contribution in [0, 0.1) is 5.41 Å². The molecule has 0 atom stereocenters. The predicted octanol–water partition coefficient (Wildman–Crippen LogP) is 0.850. The molecule has 1 aromatic rings. The van der Waals surface area contributed by atoms with Crippen LogP contribution in [0.15, 0.2) is 12.5 Å². The molecule has 2 amide bonds. The molecule has 0 saturated carbocycles. The van der Waals surface area contributed by atoms with Crippen molar-refractivity contribution in [2.45, 2.75) is 33.2 Å². The summed E-state index contributed by atoms with van der Waals surface area (Å²) in [7, 11) is 0. The van der Waals surface area contributed by atoms with E-state index < -0.39 is 5.97 Å². The van der Waals surface area contributed by atoms with Crippen LogP contribution >= 0.6 is 0 Å². The summed E-state index contributed by atoms with van der Waals surface area (Å²) < 4.78 is 0. The highest BCUT2D eigenvalue weighted by Gasteiger charge is 2.37. The molecule has 1 N–H and O–H groups in total. The Balaban J connectivity index is 2.25. The number of rotatable bonds is 3. The Morgan fingerprint density at radius 2 is 1.95 bits per heavy atom. The minimum Gasteiger partial charge on any atom is -0.478 e. The van der Waals surface area contributed by atoms with Crippen molar-refractivity contribution < 1.29 is 19.5 Å². The smallest absolute Gasteiger partial charge is 0.339 e. The molecule has 2 rings (SSSR count). The van der Waals surface area contributed by atoms with Crippen molar-refractivity contribution in [3.05, 3.63) is 23.8 Å². The van der Waals surface area contributed by atoms with Gasteiger partial charge in [-0.15, -0.1) is 0 Å². The lowest BCUT2D eigenvalue weighted by Crippen LogP contribution is -2.45. The second-order valence-electron chi connectivity index (χ2n) is 5.58. The number of nitrogens with zero attached hydrogens (tertiary/aromatic N) is 3. The van der Waals surface area contributed by atoms with Crippen LogP contribution in [0.3, 0.4) is 0 Å². The highest BCUT2D eigenvalue weighted by molar-refractivity contribution is 5.98. The first kappa shape index (κ1) is 14.1. The van der Waals surface area contributed by atoms with Crippen LogP contribution < -0.4 is 0 Å². The van der Waals surface area contributed by atoms with E-state index in [1.165, 1.54) is 6.33 Å². The van der Waals surface area contributed by atoms with Gasteiger partial charge >= 0.3 is 5.97 Å². The van der Waals surface area contributed by atoms with Gasteiger partial charge in [-0.1, -0.05) is 13.8 Å². The van der Waals surface area contributed by atoms with Crippen molar-refractivity contribution >= 4 is 17.8 Å². The first-order valence-corrected chi connectivity index (χ1v) is 6.15. The first-order valence-electron chi connectivity index (χ1n) is 6.15. The molecular formula is C13H15N3O4. The van der Waals surface area contributed by atoms with Gasteiger partial charge in [0, 0.05) is 19.0 Å². The molecule has 0 unspecified atom stereocenters. The number of carboxylic acid groups (broad SMARTS) is 1. The molecule has 7 heteroatoms. The zero-order valence-electron chi connectivity index (χ0n) is 11.3. The minimum absolute atomic E-state index is 0.0991. The van der Waals surface area contributed by atoms with Crippen molar-refractivity contribution in [2.24, 2.45) is 5.41 Å². The maximum Gasteiger partial charge on any atom is 0.339 e. The quantitative estimate of drug-likeness (QED) is 0.822. The zero-order valence-corrected chi connectivity index (χ0v) is 11.3. The highest BCUT2D eigenvalue weighted by atomic mass is 16.4. The molecule has 1 aromatic heterocycles. The van der Waals surface area contributed by atoms with Crippen LogP contribution in [0.4, 0.5) is 0 Å². The predicted molar refractivity (Wildman–Crippen MR) is 67.6 cm³/mol. The number of hydrogen-bond acceptors (Lipinski definition) is 5. The third-order valence-corrected chi connectivity index (χ3v) is 3.19. The van der Waals surface area contributed by atoms with Gasteiger partial charge in [0.2, 0.25) is 11.8 Å². The van der Waals surface area contributed by atoms with Crippen LogP contribution in [0.2, 0.25) is 0 Å². The molecule has 106 valence electrons. The molecule has 1 saturated heterocycles. The number of carbonyl (C=O) groups excluding carboxylic acids is 2. The number of carbonyl (C=O) groups is 3. The number of aromatic carboxylic acids is 1. The molecule has 7 nitrogen and oxygen atoms in total. The van der Waals surface area contributed by atoms with E-state index in [0.29, 0.717) is 0 Å². The molecule has 0 aromatic carbocycles. The van der Waals surface area contributed by atoms with Crippen LogP contribution in [0.5, 0.6) is 0 Å². The Morgan fingerprint density at radius 1 is 1.35 bits per heavy atom. The van der Waals surface area contributed by atoms with E-state index >= 15 is 0 Å². The van der Waals surface area contributed by atoms with E-state index in [1.807, 2.05) is 13.8 Å². The summed E-state index contributed by atoms with van der Waals surface area (Å²) in [6.07, 6.45) is 2.87. The molecule has 20 heavy (non-hydrogen) atoms. The standard InChI is InChI=1S/C13H15N3O4/c1-13(2)3-10(17)16(11(18)4-13)6-9-8(12(19)20)5-14-7-15-9/h5,7H,3-4,6H2,1-2H3,(H,19,20). The van der Waals surface area contributed by atoms with Crippen molar-refractivity contribution in [1.82, 2.24) is 14.9 Å². The summed E-state index contributed by atoms with van der Waals surface area (Å²) in [4.78, 5) is 43.7. The number of amides is 2. The number of imide groups is 1. The number of carboxylic acids is 1. The fourth-order valence-electron chi connectivity index (χ4n) is 2.20. The van der Waals surface area contributed by atoms with Crippen molar-refractivity contribution in [2.75, 3.05) is 0 Å². The summed E-state index contributed by atoms with van der Waals surface area (Å²) in [5, 5.41) is 9.04. The maximum absolute atomic E-state index is 12.0. The van der Waals surface area contributed by atoms with Crippen LogP contribution in [0.1, 0.15) is 42.7 Å². The lowest BCUT2D eigenvalue weighted by molar-refractivity contribution is -0.153. The number of piperidine rings is 1. The number of likely N-dealkylation sites (tertiary alicyclic amines) is 1. The molecule has 0 radical (unpaired) electrons. The van der Waals surface area contributed by atoms with Crippen molar-refractivity contribution in [3.8, 4) is 0 Å². The van der Waals surface area contributed by atoms with Crippen LogP contribution in [-0.4, -0.2) is 37.8 Å². The van der Waals surface area contributed by atoms with Crippen molar-refractivity contribution in [1.29, 1.82) is 0 Å². The Labute approximate surface area is 115 Å². The van der Waals surface area contributed by atoms with Gasteiger partial charge in [0.05, 0.1) is 12.2 Å². The second kappa shape index (κ2) is 4.99. The highest BCUT2D eigenvalue weighted by Crippen LogP contribution is 2.32. The number of aromatic nitrogens is 2. The van der Waals surface area contributed by atoms with Crippen molar-refractivity contribution in [3.63, 3.8) is 0 Å². The normalized spacial score (nSPS) is 18.2. The summed E-state index contributed by atoms with van der Waals surface area (Å²) in [5.74, 6) is -1.79. The first-order chi connectivity index (χ1) is 9.30. The van der Waals surface area contributed by atoms with Gasteiger partial charge in [-0.25, -0.2) is 14.8 Å². The van der Waals surface area contributed by atoms with Gasteiger partial charge in [-0.05, 0) is 5.41 Å². The average molecular weight is 277 g/mol. The summed E-state index contributed by atoms with van der Waals surface area (Å²) in [5.41, 5.74) is -0.293. The van der Waals surface area contributed by atoms with Crippen LogP contribution in [0.25, 0.3) is 0 Å². The van der Waals surface area contributed by atoms with E-state index in [9.17, 15) is 14.4 Å². The molecule has 0 bridgehead atoms. The van der Waals surface area contributed by atoms with E-state index in [1.54, 1.807) is 0 Å². The molecule has 1 fully saturated rings. The lowest BCUT2D eigenvalue weighted by atomic mass is 9.81. The van der Waals surface area contributed by atoms with Gasteiger partial charge in [-0.2, -0.15) is 0 Å². The summed E-state index contributed by atoms with van der Waals surface area (Å²) >= 11 is 0. The average Bonchev–Trinajstić information content (AvgIpc) is 2.33. The molecular weight excluding hydrogens is 262 g/mol. The second-order valence-corrected chi connectivity index (χ2v) is 5.58. The van der Waals surface area contributed by atoms with Gasteiger partial charge in [0.15, 0.2) is 0 Å². The van der Waals surface area contributed by atoms with Gasteiger partial charge in [-0.3, -0.25) is 14.5 Å². The largest absolute Gasteiger partial charge is 0.478 e. The Morgan fingerprint density at radius 3 is 2.50 bits per heavy atom. The third kappa shape index (κ3) is 2.81. The molecule has 1 aliphatic rings. The van der Waals surface area contributed by atoms with E-state index in [2.05, 4.69) is 9.97 Å². The van der Waals surface area contributed by atoms with E-state index in [-0.39, 0.29) is 47.9 Å². The summed E-state index contributed by atoms with van der Waals surface area (Å²) in [6, 6.07) is 0. The summed E-state index contributed by atoms with van der Waals surface area (Å²) in [6.45, 7) is 3.58. The maximum atomic E-state index is 12.0.